The second kappa shape index (κ2) is 9.21. The first-order valence-corrected chi connectivity index (χ1v) is 12.5. The molecule has 0 bridgehead atoms. The zero-order valence-corrected chi connectivity index (χ0v) is 18.7. The van der Waals surface area contributed by atoms with E-state index in [9.17, 15) is 22.9 Å². The third-order valence-corrected chi connectivity index (χ3v) is 8.27. The van der Waals surface area contributed by atoms with Crippen molar-refractivity contribution in [3.8, 4) is 5.75 Å². The van der Waals surface area contributed by atoms with Crippen LogP contribution in [0.5, 0.6) is 5.75 Å². The Morgan fingerprint density at radius 3 is 2.69 bits per heavy atom. The molecule has 2 aromatic carbocycles. The highest BCUT2D eigenvalue weighted by Crippen LogP contribution is 2.41. The topological polar surface area (TPSA) is 83.8 Å². The van der Waals surface area contributed by atoms with E-state index in [2.05, 4.69) is 0 Å². The molecular formula is C24H26BFO5S. The van der Waals surface area contributed by atoms with Crippen LogP contribution in [-0.4, -0.2) is 42.8 Å². The number of aromatic hydroxyl groups is 1. The Labute approximate surface area is 188 Å². The number of allylic oxidation sites excluding steroid dienone is 1. The number of benzene rings is 2. The highest BCUT2D eigenvalue weighted by atomic mass is 32.2. The Morgan fingerprint density at radius 2 is 2.00 bits per heavy atom. The van der Waals surface area contributed by atoms with Crippen LogP contribution >= 0.6 is 0 Å². The van der Waals surface area contributed by atoms with Gasteiger partial charge in [-0.2, -0.15) is 0 Å². The minimum atomic E-state index is -3.32. The van der Waals surface area contributed by atoms with Gasteiger partial charge in [-0.3, -0.25) is 0 Å². The number of phenols is 1. The van der Waals surface area contributed by atoms with Crippen LogP contribution in [0.3, 0.4) is 0 Å². The molecule has 1 saturated heterocycles. The molecule has 2 heterocycles. The fourth-order valence-corrected chi connectivity index (χ4v) is 6.86. The molecule has 2 aliphatic rings. The fraction of sp³-hybridized carbons (Fsp3) is 0.333. The zero-order chi connectivity index (χ0) is 22.9. The number of phenolic OH excluding ortho intramolecular Hbond substituents is 1. The molecule has 2 aromatic rings. The van der Waals surface area contributed by atoms with Crippen LogP contribution in [0.15, 0.2) is 59.7 Å². The smallest absolute Gasteiger partial charge is 0.456 e. The fourth-order valence-electron chi connectivity index (χ4n) is 4.64. The van der Waals surface area contributed by atoms with Gasteiger partial charge in [0.25, 0.3) is 0 Å². The summed E-state index contributed by atoms with van der Waals surface area (Å²) in [6.45, 7) is 1.94. The first-order chi connectivity index (χ1) is 15.3. The quantitative estimate of drug-likeness (QED) is 0.386. The van der Waals surface area contributed by atoms with E-state index in [-0.39, 0.29) is 12.1 Å². The van der Waals surface area contributed by atoms with Crippen LogP contribution in [-0.2, 0) is 14.5 Å². The van der Waals surface area contributed by atoms with Gasteiger partial charge in [0, 0.05) is 6.32 Å². The van der Waals surface area contributed by atoms with E-state index in [4.69, 9.17) is 4.65 Å². The predicted molar refractivity (Wildman–Crippen MR) is 124 cm³/mol. The van der Waals surface area contributed by atoms with Crippen LogP contribution in [0.25, 0.3) is 11.6 Å². The van der Waals surface area contributed by atoms with Crippen molar-refractivity contribution in [2.24, 2.45) is 0 Å². The molecule has 0 aromatic heterocycles. The summed E-state index contributed by atoms with van der Waals surface area (Å²) in [7, 11) is -4.43. The van der Waals surface area contributed by atoms with Gasteiger partial charge in [-0.1, -0.05) is 55.0 Å². The number of hydrogen-bond donors (Lipinski definition) is 2. The number of halogens is 1. The van der Waals surface area contributed by atoms with Crippen molar-refractivity contribution in [3.63, 3.8) is 0 Å². The summed E-state index contributed by atoms with van der Waals surface area (Å²) in [6, 6.07) is 13.9. The molecule has 5 nitrogen and oxygen atoms in total. The van der Waals surface area contributed by atoms with Crippen LogP contribution in [0.1, 0.15) is 37.3 Å². The molecule has 168 valence electrons. The molecule has 2 atom stereocenters. The van der Waals surface area contributed by atoms with Crippen molar-refractivity contribution < 1.29 is 27.6 Å². The van der Waals surface area contributed by atoms with Crippen LogP contribution in [0.4, 0.5) is 4.39 Å². The molecule has 0 aliphatic carbocycles. The Balaban J connectivity index is 1.64. The normalized spacial score (nSPS) is 22.8. The van der Waals surface area contributed by atoms with Crippen LogP contribution in [0, 0.1) is 5.82 Å². The Hall–Kier alpha value is -2.42. The summed E-state index contributed by atoms with van der Waals surface area (Å²) in [5, 5.41) is 19.0. The number of hydrogen-bond acceptors (Lipinski definition) is 5. The largest absolute Gasteiger partial charge is 0.505 e. The van der Waals surface area contributed by atoms with Crippen molar-refractivity contribution in [2.75, 3.05) is 5.75 Å². The second-order valence-electron chi connectivity index (χ2n) is 8.31. The first kappa shape index (κ1) is 22.8. The minimum Gasteiger partial charge on any atom is -0.505 e. The molecule has 1 fully saturated rings. The lowest BCUT2D eigenvalue weighted by molar-refractivity contribution is 0.171. The SMILES string of the molecule is CCC1=C2[C@@H](CC/C(=C/c3ccc(O)c(F)c3)c3ccccc3)OB(O)C[C@@H]2S(=O)(=O)C1. The maximum atomic E-state index is 13.9. The number of fused-ring (bicyclic) bond motifs is 1. The molecule has 4 rings (SSSR count). The molecule has 8 heteroatoms. The summed E-state index contributed by atoms with van der Waals surface area (Å²) in [5.41, 5.74) is 4.19. The molecule has 0 saturated carbocycles. The van der Waals surface area contributed by atoms with E-state index in [0.717, 1.165) is 22.3 Å². The number of rotatable bonds is 6. The Bertz CT molecular complexity index is 1160. The van der Waals surface area contributed by atoms with E-state index in [1.807, 2.05) is 43.3 Å². The standard InChI is InChI=1S/C24H26BFO5S/c1-2-17-15-32(29,30)23-14-25(28)31-22(24(17)23)11-9-19(18-6-4-3-5-7-18)12-16-8-10-21(27)20(26)13-16/h3-8,10,12-13,22-23,27-28H,2,9,11,14-15H2,1H3/b19-12-/t22-,23+/m1/s1. The van der Waals surface area contributed by atoms with Gasteiger partial charge in [-0.25, -0.2) is 12.8 Å². The van der Waals surface area contributed by atoms with E-state index >= 15 is 0 Å². The highest BCUT2D eigenvalue weighted by Gasteiger charge is 2.47. The van der Waals surface area contributed by atoms with E-state index < -0.39 is 39.9 Å². The van der Waals surface area contributed by atoms with Crippen LogP contribution < -0.4 is 0 Å². The molecule has 0 radical (unpaired) electrons. The third-order valence-electron chi connectivity index (χ3n) is 6.21. The van der Waals surface area contributed by atoms with Gasteiger partial charge in [0.05, 0.1) is 17.1 Å². The minimum absolute atomic E-state index is 0.0320. The summed E-state index contributed by atoms with van der Waals surface area (Å²) in [4.78, 5) is 0. The van der Waals surface area contributed by atoms with Crippen molar-refractivity contribution in [2.45, 2.75) is 43.9 Å². The zero-order valence-electron chi connectivity index (χ0n) is 17.9. The monoisotopic (exact) mass is 456 g/mol. The lowest BCUT2D eigenvalue weighted by Gasteiger charge is -2.32. The summed E-state index contributed by atoms with van der Waals surface area (Å²) in [5.74, 6) is -1.06. The first-order valence-electron chi connectivity index (χ1n) is 10.8. The van der Waals surface area contributed by atoms with Gasteiger partial charge in [0.15, 0.2) is 21.4 Å². The van der Waals surface area contributed by atoms with Crippen molar-refractivity contribution >= 4 is 28.6 Å². The third kappa shape index (κ3) is 4.67. The van der Waals surface area contributed by atoms with Gasteiger partial charge >= 0.3 is 7.12 Å². The van der Waals surface area contributed by atoms with Crippen molar-refractivity contribution in [3.05, 3.63) is 76.6 Å². The summed E-state index contributed by atoms with van der Waals surface area (Å²) < 4.78 is 45.0. The molecule has 0 spiro atoms. The number of sulfone groups is 1. The highest BCUT2D eigenvalue weighted by molar-refractivity contribution is 7.92. The maximum Gasteiger partial charge on any atom is 0.456 e. The van der Waals surface area contributed by atoms with Crippen molar-refractivity contribution in [1.82, 2.24) is 0 Å². The molecule has 0 amide bonds. The molecule has 2 N–H and O–H groups in total. The Kier molecular flexibility index (Phi) is 6.56. The van der Waals surface area contributed by atoms with Crippen LogP contribution in [0.2, 0.25) is 6.32 Å². The lowest BCUT2D eigenvalue weighted by Crippen LogP contribution is -2.41. The molecule has 0 unspecified atom stereocenters. The maximum absolute atomic E-state index is 13.9. The molecule has 32 heavy (non-hydrogen) atoms. The Morgan fingerprint density at radius 1 is 1.25 bits per heavy atom. The van der Waals surface area contributed by atoms with E-state index in [1.54, 1.807) is 6.07 Å². The summed E-state index contributed by atoms with van der Waals surface area (Å²) >= 11 is 0. The van der Waals surface area contributed by atoms with E-state index in [1.165, 1.54) is 12.1 Å². The van der Waals surface area contributed by atoms with Gasteiger partial charge in [-0.15, -0.1) is 0 Å². The molecule has 2 aliphatic heterocycles. The van der Waals surface area contributed by atoms with Gasteiger partial charge in [0.2, 0.25) is 0 Å². The van der Waals surface area contributed by atoms with Gasteiger partial charge in [0.1, 0.15) is 0 Å². The van der Waals surface area contributed by atoms with E-state index in [0.29, 0.717) is 24.8 Å². The predicted octanol–water partition coefficient (Wildman–Crippen LogP) is 4.24. The molecular weight excluding hydrogens is 430 g/mol. The summed E-state index contributed by atoms with van der Waals surface area (Å²) in [6.07, 6.45) is 3.11. The lowest BCUT2D eigenvalue weighted by atomic mass is 9.74. The van der Waals surface area contributed by atoms with Gasteiger partial charge in [-0.05, 0) is 53.7 Å². The van der Waals surface area contributed by atoms with Crippen molar-refractivity contribution in [1.29, 1.82) is 0 Å². The van der Waals surface area contributed by atoms with Gasteiger partial charge < -0.3 is 14.8 Å². The average Bonchev–Trinajstić information content (AvgIpc) is 3.04. The average molecular weight is 456 g/mol. The second-order valence-corrected chi connectivity index (χ2v) is 10.5.